The fraction of sp³-hybridized carbons (Fsp3) is 0.143. The maximum Gasteiger partial charge on any atom is 0.268 e. The van der Waals surface area contributed by atoms with Crippen molar-refractivity contribution in [1.29, 1.82) is 5.26 Å². The predicted octanol–water partition coefficient (Wildman–Crippen LogP) is 2.98. The van der Waals surface area contributed by atoms with E-state index in [4.69, 9.17) is 16.9 Å². The van der Waals surface area contributed by atoms with E-state index in [-0.39, 0.29) is 0 Å². The molecule has 2 rings (SSSR count). The summed E-state index contributed by atoms with van der Waals surface area (Å²) in [5.74, 6) is 0. The Bertz CT molecular complexity index is 596. The number of halogens is 1. The summed E-state index contributed by atoms with van der Waals surface area (Å²) in [7, 11) is 0. The Hall–Kier alpha value is -2.05. The minimum absolute atomic E-state index is 0.365. The second kappa shape index (κ2) is 5.52. The molecule has 0 spiro atoms. The third kappa shape index (κ3) is 2.61. The summed E-state index contributed by atoms with van der Waals surface area (Å²) in [5, 5.41) is 8.45. The first-order valence-electron chi connectivity index (χ1n) is 5.56. The zero-order chi connectivity index (χ0) is 13.0. The van der Waals surface area contributed by atoms with Gasteiger partial charge in [-0.1, -0.05) is 30.3 Å². The normalized spacial score (nSPS) is 10.0. The van der Waals surface area contributed by atoms with Gasteiger partial charge in [0.1, 0.15) is 17.5 Å². The third-order valence-corrected chi connectivity index (χ3v) is 2.96. The minimum atomic E-state index is -0.537. The Labute approximate surface area is 110 Å². The molecule has 1 heterocycles. The molecular formula is C14H11ClN2O. The topological polar surface area (TPSA) is 45.8 Å². The molecule has 90 valence electrons. The fourth-order valence-corrected chi connectivity index (χ4v) is 2.03. The Kier molecular flexibility index (Phi) is 3.81. The molecule has 0 amide bonds. The largest absolute Gasteiger partial charge is 0.329 e. The van der Waals surface area contributed by atoms with Crippen molar-refractivity contribution in [3.63, 3.8) is 0 Å². The summed E-state index contributed by atoms with van der Waals surface area (Å²) in [6, 6.07) is 15.2. The van der Waals surface area contributed by atoms with Gasteiger partial charge < -0.3 is 4.57 Å². The molecule has 0 bridgehead atoms. The highest BCUT2D eigenvalue weighted by Crippen LogP contribution is 2.13. The van der Waals surface area contributed by atoms with Crippen molar-refractivity contribution in [2.75, 3.05) is 0 Å². The van der Waals surface area contributed by atoms with Crippen LogP contribution in [-0.4, -0.2) is 9.81 Å². The van der Waals surface area contributed by atoms with Crippen LogP contribution in [0.5, 0.6) is 0 Å². The van der Waals surface area contributed by atoms with Crippen LogP contribution in [0.4, 0.5) is 0 Å². The van der Waals surface area contributed by atoms with Crippen LogP contribution in [0.2, 0.25) is 0 Å². The van der Waals surface area contributed by atoms with E-state index in [0.29, 0.717) is 17.9 Å². The molecule has 0 aliphatic carbocycles. The zero-order valence-electron chi connectivity index (χ0n) is 9.64. The van der Waals surface area contributed by atoms with E-state index in [0.717, 1.165) is 12.0 Å². The van der Waals surface area contributed by atoms with Gasteiger partial charge in [-0.05, 0) is 35.7 Å². The number of rotatable bonds is 4. The van der Waals surface area contributed by atoms with Crippen molar-refractivity contribution in [3.05, 3.63) is 59.4 Å². The lowest BCUT2D eigenvalue weighted by Crippen LogP contribution is -2.09. The molecule has 0 aliphatic heterocycles. The number of benzene rings is 1. The van der Waals surface area contributed by atoms with Crippen LogP contribution < -0.4 is 0 Å². The quantitative estimate of drug-likeness (QED) is 0.792. The van der Waals surface area contributed by atoms with Crippen LogP contribution >= 0.6 is 11.6 Å². The number of nitriles is 1. The lowest BCUT2D eigenvalue weighted by molar-refractivity contribution is 0.107. The first kappa shape index (κ1) is 12.4. The Morgan fingerprint density at radius 3 is 2.56 bits per heavy atom. The van der Waals surface area contributed by atoms with Crippen LogP contribution in [-0.2, 0) is 13.0 Å². The SMILES string of the molecule is N#Cc1ccc(C(=O)Cl)n1CCc1ccccc1. The number of carbonyl (C=O) groups excluding carboxylic acids is 1. The van der Waals surface area contributed by atoms with E-state index in [1.807, 2.05) is 30.3 Å². The zero-order valence-corrected chi connectivity index (χ0v) is 10.4. The molecule has 0 saturated carbocycles. The summed E-state index contributed by atoms with van der Waals surface area (Å²) < 4.78 is 1.66. The second-order valence-corrected chi connectivity index (χ2v) is 4.22. The third-order valence-electron chi connectivity index (χ3n) is 2.76. The van der Waals surface area contributed by atoms with E-state index in [1.54, 1.807) is 16.7 Å². The van der Waals surface area contributed by atoms with Gasteiger partial charge >= 0.3 is 0 Å². The van der Waals surface area contributed by atoms with Gasteiger partial charge in [0.05, 0.1) is 0 Å². The van der Waals surface area contributed by atoms with E-state index < -0.39 is 5.24 Å². The number of carbonyl (C=O) groups is 1. The van der Waals surface area contributed by atoms with Crippen molar-refractivity contribution in [2.45, 2.75) is 13.0 Å². The molecule has 0 atom stereocenters. The van der Waals surface area contributed by atoms with Crippen LogP contribution in [0.15, 0.2) is 42.5 Å². The first-order chi connectivity index (χ1) is 8.72. The van der Waals surface area contributed by atoms with E-state index >= 15 is 0 Å². The maximum atomic E-state index is 11.2. The minimum Gasteiger partial charge on any atom is -0.329 e. The molecule has 3 nitrogen and oxygen atoms in total. The smallest absolute Gasteiger partial charge is 0.268 e. The van der Waals surface area contributed by atoms with E-state index in [2.05, 4.69) is 6.07 Å². The van der Waals surface area contributed by atoms with Gasteiger partial charge in [0, 0.05) is 6.54 Å². The van der Waals surface area contributed by atoms with E-state index in [1.165, 1.54) is 0 Å². The maximum absolute atomic E-state index is 11.2. The number of aromatic nitrogens is 1. The average molecular weight is 259 g/mol. The van der Waals surface area contributed by atoms with Gasteiger partial charge in [-0.25, -0.2) is 0 Å². The van der Waals surface area contributed by atoms with E-state index in [9.17, 15) is 4.79 Å². The number of nitrogens with zero attached hydrogens (tertiary/aromatic N) is 2. The van der Waals surface area contributed by atoms with Crippen molar-refractivity contribution >= 4 is 16.8 Å². The molecule has 4 heteroatoms. The molecule has 0 fully saturated rings. The molecule has 0 radical (unpaired) electrons. The van der Waals surface area contributed by atoms with Crippen molar-refractivity contribution in [1.82, 2.24) is 4.57 Å². The number of aryl methyl sites for hydroxylation is 1. The van der Waals surface area contributed by atoms with Crippen LogP contribution in [0.25, 0.3) is 0 Å². The van der Waals surface area contributed by atoms with Crippen molar-refractivity contribution in [3.8, 4) is 6.07 Å². The lowest BCUT2D eigenvalue weighted by atomic mass is 10.1. The Morgan fingerprint density at radius 1 is 1.22 bits per heavy atom. The first-order valence-corrected chi connectivity index (χ1v) is 5.93. The standard InChI is InChI=1S/C14H11ClN2O/c15-14(18)13-7-6-12(10-16)17(13)9-8-11-4-2-1-3-5-11/h1-7H,8-9H2. The van der Waals surface area contributed by atoms with Crippen molar-refractivity contribution < 1.29 is 4.79 Å². The molecule has 1 aromatic heterocycles. The Balaban J connectivity index is 2.21. The van der Waals surface area contributed by atoms with Crippen LogP contribution in [0.3, 0.4) is 0 Å². The summed E-state index contributed by atoms with van der Waals surface area (Å²) in [5.41, 5.74) is 1.97. The molecule has 0 saturated heterocycles. The molecule has 0 unspecified atom stereocenters. The fourth-order valence-electron chi connectivity index (χ4n) is 1.86. The van der Waals surface area contributed by atoms with Gasteiger partial charge in [-0.2, -0.15) is 5.26 Å². The molecule has 18 heavy (non-hydrogen) atoms. The highest BCUT2D eigenvalue weighted by molar-refractivity contribution is 6.67. The lowest BCUT2D eigenvalue weighted by Gasteiger charge is -2.08. The molecule has 1 aromatic carbocycles. The summed E-state index contributed by atoms with van der Waals surface area (Å²) >= 11 is 5.49. The second-order valence-electron chi connectivity index (χ2n) is 3.88. The average Bonchev–Trinajstić information content (AvgIpc) is 2.80. The molecule has 0 N–H and O–H groups in total. The number of hydrogen-bond acceptors (Lipinski definition) is 2. The summed E-state index contributed by atoms with van der Waals surface area (Å²) in [6.07, 6.45) is 0.751. The van der Waals surface area contributed by atoms with Gasteiger partial charge in [-0.15, -0.1) is 0 Å². The molecule has 0 aliphatic rings. The van der Waals surface area contributed by atoms with Gasteiger partial charge in [-0.3, -0.25) is 4.79 Å². The Morgan fingerprint density at radius 2 is 1.94 bits per heavy atom. The highest BCUT2D eigenvalue weighted by atomic mass is 35.5. The molecule has 2 aromatic rings. The monoisotopic (exact) mass is 258 g/mol. The van der Waals surface area contributed by atoms with Crippen molar-refractivity contribution in [2.24, 2.45) is 0 Å². The summed E-state index contributed by atoms with van der Waals surface area (Å²) in [6.45, 7) is 0.563. The van der Waals surface area contributed by atoms with Crippen LogP contribution in [0, 0.1) is 11.3 Å². The number of hydrogen-bond donors (Lipinski definition) is 0. The van der Waals surface area contributed by atoms with Gasteiger partial charge in [0.2, 0.25) is 0 Å². The molecular weight excluding hydrogens is 248 g/mol. The van der Waals surface area contributed by atoms with Crippen LogP contribution in [0.1, 0.15) is 21.7 Å². The van der Waals surface area contributed by atoms with Gasteiger partial charge in [0.25, 0.3) is 5.24 Å². The summed E-state index contributed by atoms with van der Waals surface area (Å²) in [4.78, 5) is 11.2. The van der Waals surface area contributed by atoms with Gasteiger partial charge in [0.15, 0.2) is 0 Å². The predicted molar refractivity (Wildman–Crippen MR) is 69.5 cm³/mol. The highest BCUT2D eigenvalue weighted by Gasteiger charge is 2.12.